The molecule has 1 heterocycles. The van der Waals surface area contributed by atoms with Crippen molar-refractivity contribution in [2.24, 2.45) is 0 Å². The number of benzene rings is 1. The standard InChI is InChI=1S/C20H26N2O2S/c1-2-24-18-12-8-7-11-17(18)20-22-16(14-25-20)13-19(23)21-15-9-5-3-4-6-10-15/h7-8,11-12,14-15H,2-6,9-10,13H2,1H3,(H,21,23). The molecular weight excluding hydrogens is 332 g/mol. The molecule has 1 amide bonds. The highest BCUT2D eigenvalue weighted by atomic mass is 32.1. The predicted molar refractivity (Wildman–Crippen MR) is 102 cm³/mol. The van der Waals surface area contributed by atoms with Gasteiger partial charge >= 0.3 is 0 Å². The Labute approximate surface area is 153 Å². The van der Waals surface area contributed by atoms with Crippen molar-refractivity contribution in [1.82, 2.24) is 10.3 Å². The Bertz CT molecular complexity index is 691. The van der Waals surface area contributed by atoms with Gasteiger partial charge in [-0.25, -0.2) is 4.98 Å². The van der Waals surface area contributed by atoms with Crippen molar-refractivity contribution in [3.05, 3.63) is 35.3 Å². The van der Waals surface area contributed by atoms with Gasteiger partial charge in [0.1, 0.15) is 10.8 Å². The van der Waals surface area contributed by atoms with Crippen LogP contribution in [0, 0.1) is 0 Å². The summed E-state index contributed by atoms with van der Waals surface area (Å²) in [4.78, 5) is 17.0. The summed E-state index contributed by atoms with van der Waals surface area (Å²) < 4.78 is 5.68. The summed E-state index contributed by atoms with van der Waals surface area (Å²) in [6, 6.07) is 8.26. The third-order valence-electron chi connectivity index (χ3n) is 4.53. The number of nitrogens with zero attached hydrogens (tertiary/aromatic N) is 1. The maximum atomic E-state index is 12.3. The number of aromatic nitrogens is 1. The Kier molecular flexibility index (Phi) is 6.45. The van der Waals surface area contributed by atoms with Gasteiger partial charge in [0, 0.05) is 11.4 Å². The predicted octanol–water partition coefficient (Wildman–Crippen LogP) is 4.59. The zero-order valence-corrected chi connectivity index (χ0v) is 15.6. The number of hydrogen-bond acceptors (Lipinski definition) is 4. The number of ether oxygens (including phenoxy) is 1. The molecule has 0 unspecified atom stereocenters. The second-order valence-electron chi connectivity index (χ2n) is 6.51. The van der Waals surface area contributed by atoms with Crippen molar-refractivity contribution < 1.29 is 9.53 Å². The van der Waals surface area contributed by atoms with Gasteiger partial charge in [-0.3, -0.25) is 4.79 Å². The minimum absolute atomic E-state index is 0.0850. The second-order valence-corrected chi connectivity index (χ2v) is 7.36. The van der Waals surface area contributed by atoms with Crippen LogP contribution in [0.2, 0.25) is 0 Å². The van der Waals surface area contributed by atoms with E-state index in [0.717, 1.165) is 34.9 Å². The van der Waals surface area contributed by atoms with E-state index in [0.29, 0.717) is 19.1 Å². The van der Waals surface area contributed by atoms with Crippen LogP contribution < -0.4 is 10.1 Å². The zero-order chi connectivity index (χ0) is 17.5. The lowest BCUT2D eigenvalue weighted by atomic mass is 10.1. The first kappa shape index (κ1) is 17.9. The molecule has 1 N–H and O–H groups in total. The molecule has 0 bridgehead atoms. The molecule has 1 fully saturated rings. The molecule has 0 saturated heterocycles. The summed E-state index contributed by atoms with van der Waals surface area (Å²) in [5.41, 5.74) is 1.82. The first-order chi connectivity index (χ1) is 12.3. The van der Waals surface area contributed by atoms with E-state index in [2.05, 4.69) is 10.3 Å². The van der Waals surface area contributed by atoms with Crippen LogP contribution in [0.3, 0.4) is 0 Å². The molecule has 0 aliphatic heterocycles. The maximum Gasteiger partial charge on any atom is 0.226 e. The molecule has 134 valence electrons. The zero-order valence-electron chi connectivity index (χ0n) is 14.8. The Hall–Kier alpha value is -1.88. The van der Waals surface area contributed by atoms with Crippen LogP contribution in [0.1, 0.15) is 51.1 Å². The molecule has 2 aromatic rings. The Morgan fingerprint density at radius 3 is 2.76 bits per heavy atom. The molecule has 4 nitrogen and oxygen atoms in total. The van der Waals surface area contributed by atoms with Crippen molar-refractivity contribution >= 4 is 17.2 Å². The minimum Gasteiger partial charge on any atom is -0.493 e. The normalized spacial score (nSPS) is 15.6. The van der Waals surface area contributed by atoms with E-state index in [4.69, 9.17) is 4.74 Å². The van der Waals surface area contributed by atoms with Gasteiger partial charge in [0.25, 0.3) is 0 Å². The largest absolute Gasteiger partial charge is 0.493 e. The van der Waals surface area contributed by atoms with Gasteiger partial charge < -0.3 is 10.1 Å². The van der Waals surface area contributed by atoms with Gasteiger partial charge in [0.2, 0.25) is 5.91 Å². The summed E-state index contributed by atoms with van der Waals surface area (Å²) >= 11 is 1.56. The third-order valence-corrected chi connectivity index (χ3v) is 5.46. The number of para-hydroxylation sites is 1. The number of thiazole rings is 1. The maximum absolute atomic E-state index is 12.3. The number of carbonyl (C=O) groups excluding carboxylic acids is 1. The molecule has 0 radical (unpaired) electrons. The van der Waals surface area contributed by atoms with E-state index >= 15 is 0 Å². The first-order valence-electron chi connectivity index (χ1n) is 9.22. The fraction of sp³-hybridized carbons (Fsp3) is 0.500. The van der Waals surface area contributed by atoms with Gasteiger partial charge in [0.15, 0.2) is 0 Å². The highest BCUT2D eigenvalue weighted by molar-refractivity contribution is 7.13. The van der Waals surface area contributed by atoms with Crippen molar-refractivity contribution in [3.8, 4) is 16.3 Å². The van der Waals surface area contributed by atoms with E-state index in [9.17, 15) is 4.79 Å². The van der Waals surface area contributed by atoms with Gasteiger partial charge in [-0.2, -0.15) is 0 Å². The molecule has 1 aliphatic rings. The van der Waals surface area contributed by atoms with Crippen LogP contribution in [0.5, 0.6) is 5.75 Å². The van der Waals surface area contributed by atoms with E-state index in [1.807, 2.05) is 36.6 Å². The number of amides is 1. The van der Waals surface area contributed by atoms with Crippen molar-refractivity contribution in [1.29, 1.82) is 0 Å². The summed E-state index contributed by atoms with van der Waals surface area (Å²) in [6.45, 7) is 2.60. The lowest BCUT2D eigenvalue weighted by Gasteiger charge is -2.15. The fourth-order valence-corrected chi connectivity index (χ4v) is 4.15. The summed E-state index contributed by atoms with van der Waals surface area (Å²) in [5, 5.41) is 6.07. The van der Waals surface area contributed by atoms with Crippen LogP contribution in [-0.4, -0.2) is 23.5 Å². The van der Waals surface area contributed by atoms with Gasteiger partial charge in [-0.05, 0) is 31.9 Å². The number of hydrogen-bond donors (Lipinski definition) is 1. The average Bonchev–Trinajstić information content (AvgIpc) is 2.91. The highest BCUT2D eigenvalue weighted by Crippen LogP contribution is 2.32. The monoisotopic (exact) mass is 358 g/mol. The van der Waals surface area contributed by atoms with E-state index in [1.165, 1.54) is 25.7 Å². The molecule has 5 heteroatoms. The van der Waals surface area contributed by atoms with Crippen LogP contribution in [-0.2, 0) is 11.2 Å². The van der Waals surface area contributed by atoms with Crippen molar-refractivity contribution in [2.45, 2.75) is 57.9 Å². The summed E-state index contributed by atoms with van der Waals surface area (Å²) in [5.74, 6) is 0.927. The van der Waals surface area contributed by atoms with Crippen LogP contribution >= 0.6 is 11.3 Å². The number of nitrogens with one attached hydrogen (secondary N) is 1. The van der Waals surface area contributed by atoms with Crippen molar-refractivity contribution in [3.63, 3.8) is 0 Å². The van der Waals surface area contributed by atoms with Gasteiger partial charge in [-0.15, -0.1) is 11.3 Å². The SMILES string of the molecule is CCOc1ccccc1-c1nc(CC(=O)NC2CCCCCC2)cs1. The molecule has 1 aromatic heterocycles. The molecule has 1 saturated carbocycles. The Balaban J connectivity index is 1.62. The average molecular weight is 359 g/mol. The molecule has 1 aromatic carbocycles. The second kappa shape index (κ2) is 8.99. The number of carbonyl (C=O) groups is 1. The third kappa shape index (κ3) is 5.05. The van der Waals surface area contributed by atoms with E-state index in [-0.39, 0.29) is 5.91 Å². The molecular formula is C20H26N2O2S. The van der Waals surface area contributed by atoms with Crippen LogP contribution in [0.15, 0.2) is 29.6 Å². The molecule has 3 rings (SSSR count). The highest BCUT2D eigenvalue weighted by Gasteiger charge is 2.16. The lowest BCUT2D eigenvalue weighted by Crippen LogP contribution is -2.35. The van der Waals surface area contributed by atoms with Gasteiger partial charge in [0.05, 0.1) is 24.3 Å². The first-order valence-corrected chi connectivity index (χ1v) is 10.1. The fourth-order valence-electron chi connectivity index (χ4n) is 3.30. The quantitative estimate of drug-likeness (QED) is 0.768. The summed E-state index contributed by atoms with van der Waals surface area (Å²) in [6.07, 6.45) is 7.59. The lowest BCUT2D eigenvalue weighted by molar-refractivity contribution is -0.121. The molecule has 1 aliphatic carbocycles. The molecule has 0 atom stereocenters. The molecule has 25 heavy (non-hydrogen) atoms. The smallest absolute Gasteiger partial charge is 0.226 e. The number of rotatable bonds is 6. The van der Waals surface area contributed by atoms with Gasteiger partial charge in [-0.1, -0.05) is 37.8 Å². The van der Waals surface area contributed by atoms with E-state index in [1.54, 1.807) is 11.3 Å². The minimum atomic E-state index is 0.0850. The van der Waals surface area contributed by atoms with Crippen molar-refractivity contribution in [2.75, 3.05) is 6.61 Å². The van der Waals surface area contributed by atoms with E-state index < -0.39 is 0 Å². The Morgan fingerprint density at radius 1 is 1.24 bits per heavy atom. The summed E-state index contributed by atoms with van der Waals surface area (Å²) in [7, 11) is 0. The van der Waals surface area contributed by atoms with Crippen LogP contribution in [0.4, 0.5) is 0 Å². The topological polar surface area (TPSA) is 51.2 Å². The molecule has 0 spiro atoms. The Morgan fingerprint density at radius 2 is 2.00 bits per heavy atom. The van der Waals surface area contributed by atoms with Crippen LogP contribution in [0.25, 0.3) is 10.6 Å².